The molecule has 0 aliphatic rings. The molecule has 0 amide bonds. The molecule has 0 aromatic carbocycles. The number of nitrogens with zero attached hydrogens (tertiary/aromatic N) is 3. The molecule has 5 nitrogen and oxygen atoms in total. The molecule has 0 unspecified atom stereocenters. The molecule has 0 aliphatic heterocycles. The summed E-state index contributed by atoms with van der Waals surface area (Å²) in [4.78, 5) is 7.99. The van der Waals surface area contributed by atoms with Crippen LogP contribution >= 0.6 is 11.3 Å². The Bertz CT molecular complexity index is 520. The summed E-state index contributed by atoms with van der Waals surface area (Å²) in [6, 6.07) is 0.433. The van der Waals surface area contributed by atoms with Crippen molar-refractivity contribution in [3.63, 3.8) is 0 Å². The normalized spacial score (nSPS) is 11.6. The fraction of sp³-hybridized carbons (Fsp3) is 0.615. The summed E-state index contributed by atoms with van der Waals surface area (Å²) in [5, 5.41) is 5.47. The molecule has 2 heterocycles. The molecule has 0 fully saturated rings. The lowest BCUT2D eigenvalue weighted by Gasteiger charge is -2.22. The first kappa shape index (κ1) is 14.3. The van der Waals surface area contributed by atoms with Gasteiger partial charge in [0, 0.05) is 44.9 Å². The smallest absolute Gasteiger partial charge is 0.195 e. The molecular formula is C13H22N4OS. The zero-order valence-electron chi connectivity index (χ0n) is 12.0. The van der Waals surface area contributed by atoms with Gasteiger partial charge in [0.05, 0.1) is 12.3 Å². The minimum atomic E-state index is 0.433. The maximum atomic E-state index is 5.06. The predicted octanol–water partition coefficient (Wildman–Crippen LogP) is 1.98. The number of thiazole rings is 1. The maximum absolute atomic E-state index is 5.06. The molecule has 2 aromatic rings. The summed E-state index contributed by atoms with van der Waals surface area (Å²) >= 11 is 1.67. The maximum Gasteiger partial charge on any atom is 0.195 e. The van der Waals surface area contributed by atoms with Gasteiger partial charge in [-0.1, -0.05) is 0 Å². The number of fused-ring (bicyclic) bond motifs is 1. The van der Waals surface area contributed by atoms with Crippen molar-refractivity contribution >= 4 is 22.1 Å². The van der Waals surface area contributed by atoms with E-state index in [2.05, 4.69) is 47.1 Å². The standard InChI is InChI=1S/C13H22N4OS/c1-10(2)16(3)12-11(9-14-5-7-18-4)17-6-8-19-13(17)15-12/h6,8,10,14H,5,7,9H2,1-4H3. The quantitative estimate of drug-likeness (QED) is 0.789. The highest BCUT2D eigenvalue weighted by Gasteiger charge is 2.17. The van der Waals surface area contributed by atoms with Crippen LogP contribution in [0.3, 0.4) is 0 Å². The van der Waals surface area contributed by atoms with Crippen molar-refractivity contribution in [2.24, 2.45) is 0 Å². The van der Waals surface area contributed by atoms with Crippen LogP contribution in [0.1, 0.15) is 19.5 Å². The van der Waals surface area contributed by atoms with Gasteiger partial charge >= 0.3 is 0 Å². The van der Waals surface area contributed by atoms with Crippen molar-refractivity contribution in [2.45, 2.75) is 26.4 Å². The second-order valence-corrected chi connectivity index (χ2v) is 5.68. The first-order chi connectivity index (χ1) is 9.15. The molecule has 0 aliphatic carbocycles. The van der Waals surface area contributed by atoms with Crippen LogP contribution in [0.15, 0.2) is 11.6 Å². The number of nitrogens with one attached hydrogen (secondary N) is 1. The number of ether oxygens (including phenoxy) is 1. The summed E-state index contributed by atoms with van der Waals surface area (Å²) in [5.74, 6) is 1.06. The number of methoxy groups -OCH3 is 1. The molecule has 0 saturated carbocycles. The van der Waals surface area contributed by atoms with Gasteiger partial charge in [-0.15, -0.1) is 11.3 Å². The summed E-state index contributed by atoms with van der Waals surface area (Å²) in [7, 11) is 3.81. The zero-order valence-corrected chi connectivity index (χ0v) is 12.8. The van der Waals surface area contributed by atoms with E-state index in [9.17, 15) is 0 Å². The van der Waals surface area contributed by atoms with Gasteiger partial charge in [0.15, 0.2) is 10.8 Å². The summed E-state index contributed by atoms with van der Waals surface area (Å²) in [6.07, 6.45) is 2.08. The van der Waals surface area contributed by atoms with Gasteiger partial charge in [-0.25, -0.2) is 4.98 Å². The summed E-state index contributed by atoms with van der Waals surface area (Å²) in [5.41, 5.74) is 1.21. The van der Waals surface area contributed by atoms with E-state index in [-0.39, 0.29) is 0 Å². The summed E-state index contributed by atoms with van der Waals surface area (Å²) < 4.78 is 7.22. The fourth-order valence-electron chi connectivity index (χ4n) is 1.89. The second-order valence-electron chi connectivity index (χ2n) is 4.81. The Morgan fingerprint density at radius 2 is 2.32 bits per heavy atom. The second kappa shape index (κ2) is 6.36. The van der Waals surface area contributed by atoms with Crippen molar-refractivity contribution in [2.75, 3.05) is 32.2 Å². The Morgan fingerprint density at radius 1 is 1.53 bits per heavy atom. The van der Waals surface area contributed by atoms with Crippen LogP contribution in [0.5, 0.6) is 0 Å². The van der Waals surface area contributed by atoms with Gasteiger partial charge < -0.3 is 15.0 Å². The lowest BCUT2D eigenvalue weighted by Crippen LogP contribution is -2.28. The Morgan fingerprint density at radius 3 is 3.00 bits per heavy atom. The molecule has 0 saturated heterocycles. The van der Waals surface area contributed by atoms with Crippen LogP contribution in [0.25, 0.3) is 4.96 Å². The highest BCUT2D eigenvalue weighted by molar-refractivity contribution is 7.15. The highest BCUT2D eigenvalue weighted by Crippen LogP contribution is 2.25. The van der Waals surface area contributed by atoms with E-state index in [0.717, 1.165) is 30.5 Å². The highest BCUT2D eigenvalue weighted by atomic mass is 32.1. The van der Waals surface area contributed by atoms with E-state index in [1.807, 2.05) is 0 Å². The van der Waals surface area contributed by atoms with E-state index >= 15 is 0 Å². The number of hydrogen-bond donors (Lipinski definition) is 1. The molecule has 2 aromatic heterocycles. The molecule has 0 spiro atoms. The minimum absolute atomic E-state index is 0.433. The van der Waals surface area contributed by atoms with E-state index in [1.54, 1.807) is 18.4 Å². The van der Waals surface area contributed by atoms with Gasteiger partial charge in [-0.3, -0.25) is 4.40 Å². The Kier molecular flexibility index (Phi) is 4.79. The average molecular weight is 282 g/mol. The van der Waals surface area contributed by atoms with Gasteiger partial charge in [0.2, 0.25) is 0 Å². The Balaban J connectivity index is 2.21. The van der Waals surface area contributed by atoms with Gasteiger partial charge in [-0.2, -0.15) is 0 Å². The first-order valence-corrected chi connectivity index (χ1v) is 7.40. The molecule has 0 bridgehead atoms. The number of hydrogen-bond acceptors (Lipinski definition) is 5. The van der Waals surface area contributed by atoms with Crippen molar-refractivity contribution in [1.82, 2.24) is 14.7 Å². The first-order valence-electron chi connectivity index (χ1n) is 6.52. The number of imidazole rings is 1. The van der Waals surface area contributed by atoms with Crippen LogP contribution in [0.2, 0.25) is 0 Å². The van der Waals surface area contributed by atoms with E-state index in [0.29, 0.717) is 6.04 Å². The van der Waals surface area contributed by atoms with Crippen LogP contribution in [0.4, 0.5) is 5.82 Å². The van der Waals surface area contributed by atoms with E-state index < -0.39 is 0 Å². The van der Waals surface area contributed by atoms with Crippen LogP contribution in [-0.2, 0) is 11.3 Å². The molecule has 1 N–H and O–H groups in total. The van der Waals surface area contributed by atoms with E-state index in [1.165, 1.54) is 5.69 Å². The van der Waals surface area contributed by atoms with Crippen molar-refractivity contribution in [3.8, 4) is 0 Å². The molecular weight excluding hydrogens is 260 g/mol. The van der Waals surface area contributed by atoms with Crippen molar-refractivity contribution in [3.05, 3.63) is 17.3 Å². The third kappa shape index (κ3) is 3.08. The fourth-order valence-corrected chi connectivity index (χ4v) is 2.62. The molecule has 2 rings (SSSR count). The van der Waals surface area contributed by atoms with Crippen molar-refractivity contribution < 1.29 is 4.74 Å². The van der Waals surface area contributed by atoms with Gasteiger partial charge in [0.25, 0.3) is 0 Å². The molecule has 6 heteroatoms. The third-order valence-corrected chi connectivity index (χ3v) is 3.98. The predicted molar refractivity (Wildman–Crippen MR) is 80.2 cm³/mol. The summed E-state index contributed by atoms with van der Waals surface area (Å²) in [6.45, 7) is 6.72. The minimum Gasteiger partial charge on any atom is -0.383 e. The third-order valence-electron chi connectivity index (χ3n) is 3.22. The number of anilines is 1. The zero-order chi connectivity index (χ0) is 13.8. The Labute approximate surface area is 118 Å². The lowest BCUT2D eigenvalue weighted by atomic mass is 10.3. The van der Waals surface area contributed by atoms with Crippen LogP contribution in [0, 0.1) is 0 Å². The largest absolute Gasteiger partial charge is 0.383 e. The van der Waals surface area contributed by atoms with Crippen LogP contribution < -0.4 is 10.2 Å². The average Bonchev–Trinajstić information content (AvgIpc) is 2.95. The van der Waals surface area contributed by atoms with Gasteiger partial charge in [0.1, 0.15) is 0 Å². The van der Waals surface area contributed by atoms with Crippen molar-refractivity contribution in [1.29, 1.82) is 0 Å². The topological polar surface area (TPSA) is 41.8 Å². The molecule has 19 heavy (non-hydrogen) atoms. The number of aromatic nitrogens is 2. The molecule has 0 radical (unpaired) electrons. The lowest BCUT2D eigenvalue weighted by molar-refractivity contribution is 0.199. The molecule has 106 valence electrons. The molecule has 0 atom stereocenters. The van der Waals surface area contributed by atoms with Gasteiger partial charge in [-0.05, 0) is 13.8 Å². The number of rotatable bonds is 7. The monoisotopic (exact) mass is 282 g/mol. The van der Waals surface area contributed by atoms with Crippen LogP contribution in [-0.4, -0.2) is 42.7 Å². The van der Waals surface area contributed by atoms with E-state index in [4.69, 9.17) is 9.72 Å². The SMILES string of the molecule is COCCNCc1c(N(C)C(C)C)nc2sccn12. The Hall–Kier alpha value is -1.11.